The zero-order chi connectivity index (χ0) is 14.1. The minimum Gasteiger partial charge on any atom is -0.340 e. The van der Waals surface area contributed by atoms with Gasteiger partial charge in [-0.15, -0.1) is 0 Å². The molecule has 2 aromatic carbocycles. The summed E-state index contributed by atoms with van der Waals surface area (Å²) < 4.78 is 12.6. The van der Waals surface area contributed by atoms with E-state index in [4.69, 9.17) is 0 Å². The molecule has 0 spiro atoms. The van der Waals surface area contributed by atoms with Crippen molar-refractivity contribution in [1.29, 1.82) is 0 Å². The molecule has 0 N–H and O–H groups in total. The van der Waals surface area contributed by atoms with E-state index in [-0.39, 0.29) is 6.67 Å². The van der Waals surface area contributed by atoms with Crippen LogP contribution in [0.15, 0.2) is 46.2 Å². The fourth-order valence-corrected chi connectivity index (χ4v) is 3.85. The molecule has 0 saturated carbocycles. The predicted molar refractivity (Wildman–Crippen MR) is 84.1 cm³/mol. The van der Waals surface area contributed by atoms with Crippen molar-refractivity contribution < 1.29 is 4.39 Å². The van der Waals surface area contributed by atoms with Crippen LogP contribution < -0.4 is 4.90 Å². The molecule has 1 nitrogen and oxygen atoms in total. The molecular weight excluding hydrogens is 269 g/mol. The minimum absolute atomic E-state index is 0.272. The number of nitrogens with zero attached hydrogens (tertiary/aromatic N) is 1. The zero-order valence-corrected chi connectivity index (χ0v) is 12.6. The van der Waals surface area contributed by atoms with Crippen molar-refractivity contribution in [3.63, 3.8) is 0 Å². The molecule has 0 saturated heterocycles. The first kappa shape index (κ1) is 13.5. The van der Waals surface area contributed by atoms with E-state index < -0.39 is 0 Å². The number of rotatable bonds is 3. The van der Waals surface area contributed by atoms with Crippen molar-refractivity contribution in [2.24, 2.45) is 0 Å². The number of anilines is 2. The molecule has 0 unspecified atom stereocenters. The van der Waals surface area contributed by atoms with Gasteiger partial charge in [-0.3, -0.25) is 4.39 Å². The van der Waals surface area contributed by atoms with E-state index in [0.717, 1.165) is 6.54 Å². The van der Waals surface area contributed by atoms with Gasteiger partial charge in [-0.1, -0.05) is 23.9 Å². The number of fused-ring (bicyclic) bond motifs is 2. The summed E-state index contributed by atoms with van der Waals surface area (Å²) in [5.41, 5.74) is 4.92. The van der Waals surface area contributed by atoms with Gasteiger partial charge in [0.05, 0.1) is 18.0 Å². The average molecular weight is 287 g/mol. The Morgan fingerprint density at radius 1 is 0.950 bits per heavy atom. The van der Waals surface area contributed by atoms with E-state index in [9.17, 15) is 4.39 Å². The van der Waals surface area contributed by atoms with Crippen LogP contribution in [-0.4, -0.2) is 13.2 Å². The lowest BCUT2D eigenvalue weighted by Gasteiger charge is -2.33. The minimum atomic E-state index is -0.272. The molecule has 0 aliphatic carbocycles. The van der Waals surface area contributed by atoms with Crippen molar-refractivity contribution in [1.82, 2.24) is 0 Å². The lowest BCUT2D eigenvalue weighted by atomic mass is 10.1. The highest BCUT2D eigenvalue weighted by Crippen LogP contribution is 2.48. The van der Waals surface area contributed by atoms with Crippen molar-refractivity contribution >= 4 is 23.1 Å². The highest BCUT2D eigenvalue weighted by molar-refractivity contribution is 7.99. The number of alkyl halides is 1. The van der Waals surface area contributed by atoms with Crippen LogP contribution in [0.4, 0.5) is 15.8 Å². The normalized spacial score (nSPS) is 13.1. The number of hydrogen-bond donors (Lipinski definition) is 0. The van der Waals surface area contributed by atoms with E-state index >= 15 is 0 Å². The quantitative estimate of drug-likeness (QED) is 0.757. The van der Waals surface area contributed by atoms with Crippen LogP contribution >= 0.6 is 11.8 Å². The number of hydrogen-bond acceptors (Lipinski definition) is 2. The van der Waals surface area contributed by atoms with Gasteiger partial charge in [-0.25, -0.2) is 0 Å². The summed E-state index contributed by atoms with van der Waals surface area (Å²) >= 11 is 1.81. The summed E-state index contributed by atoms with van der Waals surface area (Å²) in [5, 5.41) is 0. The largest absolute Gasteiger partial charge is 0.340 e. The summed E-state index contributed by atoms with van der Waals surface area (Å²) in [7, 11) is 0. The van der Waals surface area contributed by atoms with E-state index in [1.165, 1.54) is 32.3 Å². The maximum Gasteiger partial charge on any atom is 0.0911 e. The highest BCUT2D eigenvalue weighted by Gasteiger charge is 2.23. The van der Waals surface area contributed by atoms with Crippen LogP contribution in [0.1, 0.15) is 17.5 Å². The Balaban J connectivity index is 2.08. The monoisotopic (exact) mass is 287 g/mol. The van der Waals surface area contributed by atoms with Crippen molar-refractivity contribution in [3.8, 4) is 0 Å². The molecule has 1 aliphatic rings. The van der Waals surface area contributed by atoms with Crippen LogP contribution in [0.3, 0.4) is 0 Å². The van der Waals surface area contributed by atoms with Crippen LogP contribution in [0, 0.1) is 13.8 Å². The summed E-state index contributed by atoms with van der Waals surface area (Å²) in [6.45, 7) is 4.67. The summed E-state index contributed by atoms with van der Waals surface area (Å²) in [5.74, 6) is 0. The summed E-state index contributed by atoms with van der Waals surface area (Å²) in [4.78, 5) is 4.78. The van der Waals surface area contributed by atoms with Crippen molar-refractivity contribution in [2.75, 3.05) is 18.1 Å². The molecule has 1 heterocycles. The molecule has 0 aromatic heterocycles. The molecule has 3 heteroatoms. The molecule has 3 rings (SSSR count). The van der Waals surface area contributed by atoms with Gasteiger partial charge in [-0.2, -0.15) is 0 Å². The Hall–Kier alpha value is -1.48. The molecule has 0 fully saturated rings. The third-order valence-electron chi connectivity index (χ3n) is 3.55. The van der Waals surface area contributed by atoms with Gasteiger partial charge in [0, 0.05) is 16.3 Å². The van der Waals surface area contributed by atoms with Gasteiger partial charge in [0.2, 0.25) is 0 Å². The number of halogens is 1. The van der Waals surface area contributed by atoms with Crippen LogP contribution in [0.2, 0.25) is 0 Å². The molecule has 0 amide bonds. The lowest BCUT2D eigenvalue weighted by molar-refractivity contribution is 0.475. The molecule has 0 bridgehead atoms. The van der Waals surface area contributed by atoms with Gasteiger partial charge >= 0.3 is 0 Å². The molecule has 1 aliphatic heterocycles. The van der Waals surface area contributed by atoms with Crippen LogP contribution in [0.5, 0.6) is 0 Å². The zero-order valence-electron chi connectivity index (χ0n) is 11.8. The Bertz CT molecular complexity index is 587. The third-order valence-corrected chi connectivity index (χ3v) is 4.64. The molecule has 0 radical (unpaired) electrons. The molecule has 2 aromatic rings. The van der Waals surface area contributed by atoms with Crippen LogP contribution in [-0.2, 0) is 0 Å². The van der Waals surface area contributed by atoms with Gasteiger partial charge in [0.15, 0.2) is 0 Å². The SMILES string of the molecule is Cc1ccc2c(c1)Sc1cc(C)ccc1N2CCCF. The Morgan fingerprint density at radius 2 is 1.50 bits per heavy atom. The fraction of sp³-hybridized carbons (Fsp3) is 0.294. The van der Waals surface area contributed by atoms with Crippen molar-refractivity contribution in [2.45, 2.75) is 30.1 Å². The first-order chi connectivity index (χ1) is 9.69. The second-order valence-corrected chi connectivity index (χ2v) is 6.32. The van der Waals surface area contributed by atoms with E-state index in [2.05, 4.69) is 55.1 Å². The van der Waals surface area contributed by atoms with Crippen molar-refractivity contribution in [3.05, 3.63) is 47.5 Å². The Kier molecular flexibility index (Phi) is 3.70. The molecule has 104 valence electrons. The van der Waals surface area contributed by atoms with Gasteiger partial charge in [0.1, 0.15) is 0 Å². The third kappa shape index (κ3) is 2.42. The summed E-state index contributed by atoms with van der Waals surface area (Å²) in [6, 6.07) is 13.0. The number of benzene rings is 2. The predicted octanol–water partition coefficient (Wildman–Crippen LogP) is 5.27. The van der Waals surface area contributed by atoms with Gasteiger partial charge in [-0.05, 0) is 55.7 Å². The smallest absolute Gasteiger partial charge is 0.0911 e. The molecular formula is C17H18FNS. The van der Waals surface area contributed by atoms with E-state index in [1.54, 1.807) is 0 Å². The van der Waals surface area contributed by atoms with E-state index in [1.807, 2.05) is 11.8 Å². The maximum atomic E-state index is 12.6. The van der Waals surface area contributed by atoms with Gasteiger partial charge < -0.3 is 4.90 Å². The standard InChI is InChI=1S/C17H18FNS/c1-12-4-6-14-16(10-12)20-17-11-13(2)5-7-15(17)19(14)9-3-8-18/h4-7,10-11H,3,8-9H2,1-2H3. The summed E-state index contributed by atoms with van der Waals surface area (Å²) in [6.07, 6.45) is 0.561. The second kappa shape index (κ2) is 5.49. The fourth-order valence-electron chi connectivity index (χ4n) is 2.56. The highest BCUT2D eigenvalue weighted by atomic mass is 32.2. The first-order valence-corrected chi connectivity index (χ1v) is 7.73. The van der Waals surface area contributed by atoms with Crippen LogP contribution in [0.25, 0.3) is 0 Å². The molecule has 0 atom stereocenters. The topological polar surface area (TPSA) is 3.24 Å². The number of aryl methyl sites for hydroxylation is 2. The Morgan fingerprint density at radius 3 is 2.00 bits per heavy atom. The Labute approximate surface area is 123 Å². The second-order valence-electron chi connectivity index (χ2n) is 5.24. The lowest BCUT2D eigenvalue weighted by Crippen LogP contribution is -2.22. The first-order valence-electron chi connectivity index (χ1n) is 6.92. The van der Waals surface area contributed by atoms with Gasteiger partial charge in [0.25, 0.3) is 0 Å². The van der Waals surface area contributed by atoms with E-state index in [0.29, 0.717) is 6.42 Å². The average Bonchev–Trinajstić information content (AvgIpc) is 2.43. The maximum absolute atomic E-state index is 12.6. The molecule has 20 heavy (non-hydrogen) atoms.